The van der Waals surface area contributed by atoms with E-state index in [2.05, 4.69) is 13.8 Å². The van der Waals surface area contributed by atoms with Crippen LogP contribution in [0.4, 0.5) is 0 Å². The second kappa shape index (κ2) is 5.09. The topological polar surface area (TPSA) is 52.3 Å². The normalized spacial score (nSPS) is 16.4. The number of hydrogen-bond acceptors (Lipinski definition) is 5. The van der Waals surface area contributed by atoms with Crippen LogP contribution in [0.5, 0.6) is 0 Å². The summed E-state index contributed by atoms with van der Waals surface area (Å²) in [5.74, 6) is 1.60. The minimum Gasteiger partial charge on any atom is -0.370 e. The Bertz CT molecular complexity index is 1110. The first kappa shape index (κ1) is 15.0. The maximum Gasteiger partial charge on any atom is 0.182 e. The van der Waals surface area contributed by atoms with Crippen molar-refractivity contribution < 1.29 is 4.74 Å². The highest BCUT2D eigenvalue weighted by Crippen LogP contribution is 2.40. The number of benzene rings is 1. The molecule has 0 amide bonds. The average Bonchev–Trinajstić information content (AvgIpc) is 3.16. The molecular formula is C19H18N4OS. The Hall–Kier alpha value is -2.31. The number of nitrogens with zero attached hydrogens (tertiary/aromatic N) is 4. The first-order valence-electron chi connectivity index (χ1n) is 8.39. The second-order valence-corrected chi connectivity index (χ2v) is 8.19. The van der Waals surface area contributed by atoms with Gasteiger partial charge in [-0.2, -0.15) is 4.52 Å². The molecule has 0 N–H and O–H groups in total. The van der Waals surface area contributed by atoms with Gasteiger partial charge in [-0.1, -0.05) is 30.3 Å². The van der Waals surface area contributed by atoms with Gasteiger partial charge in [0.2, 0.25) is 0 Å². The summed E-state index contributed by atoms with van der Waals surface area (Å²) in [7, 11) is 0. The molecular weight excluding hydrogens is 332 g/mol. The summed E-state index contributed by atoms with van der Waals surface area (Å²) in [6, 6.07) is 10.1. The van der Waals surface area contributed by atoms with Crippen molar-refractivity contribution in [2.45, 2.75) is 39.4 Å². The summed E-state index contributed by atoms with van der Waals surface area (Å²) in [5.41, 5.74) is 3.08. The standard InChI is InChI=1S/C19H18N4OS/c1-11-20-18-15(13-9-19(2,3)24-10-14(13)25-18)17-21-16(22-23(11)17)12-7-5-4-6-8-12/h4-8H,9-10H2,1-3H3. The molecule has 1 aromatic carbocycles. The van der Waals surface area contributed by atoms with E-state index >= 15 is 0 Å². The van der Waals surface area contributed by atoms with Gasteiger partial charge in [0.1, 0.15) is 10.7 Å². The predicted octanol–water partition coefficient (Wildman–Crippen LogP) is 4.17. The van der Waals surface area contributed by atoms with E-state index in [1.165, 1.54) is 10.4 Å². The maximum atomic E-state index is 5.98. The molecule has 126 valence electrons. The van der Waals surface area contributed by atoms with Gasteiger partial charge in [-0.05, 0) is 26.3 Å². The number of rotatable bonds is 1. The number of fused-ring (bicyclic) bond motifs is 5. The summed E-state index contributed by atoms with van der Waals surface area (Å²) in [5, 5.41) is 5.85. The molecule has 0 radical (unpaired) electrons. The zero-order valence-corrected chi connectivity index (χ0v) is 15.2. The number of thiophene rings is 1. The Kier molecular flexibility index (Phi) is 3.05. The molecule has 0 aliphatic carbocycles. The van der Waals surface area contributed by atoms with Gasteiger partial charge < -0.3 is 4.74 Å². The van der Waals surface area contributed by atoms with E-state index < -0.39 is 0 Å². The van der Waals surface area contributed by atoms with Gasteiger partial charge in [0.05, 0.1) is 17.6 Å². The number of aromatic nitrogens is 4. The molecule has 6 heteroatoms. The molecule has 1 aliphatic rings. The van der Waals surface area contributed by atoms with Crippen LogP contribution in [-0.2, 0) is 17.8 Å². The molecule has 4 heterocycles. The van der Waals surface area contributed by atoms with E-state index in [1.807, 2.05) is 41.8 Å². The van der Waals surface area contributed by atoms with Crippen molar-refractivity contribution in [1.29, 1.82) is 0 Å². The summed E-state index contributed by atoms with van der Waals surface area (Å²) >= 11 is 1.72. The third-order valence-corrected chi connectivity index (χ3v) is 5.80. The van der Waals surface area contributed by atoms with Gasteiger partial charge in [0, 0.05) is 16.9 Å². The van der Waals surface area contributed by atoms with Gasteiger partial charge in [0.25, 0.3) is 0 Å². The minimum atomic E-state index is -0.162. The number of ether oxygens (including phenoxy) is 1. The molecule has 5 rings (SSSR count). The maximum absolute atomic E-state index is 5.98. The van der Waals surface area contributed by atoms with Gasteiger partial charge in [-0.3, -0.25) is 0 Å². The molecule has 3 aromatic heterocycles. The Morgan fingerprint density at radius 1 is 1.16 bits per heavy atom. The Morgan fingerprint density at radius 3 is 2.76 bits per heavy atom. The van der Waals surface area contributed by atoms with Crippen molar-refractivity contribution in [3.63, 3.8) is 0 Å². The summed E-state index contributed by atoms with van der Waals surface area (Å²) in [6.45, 7) is 6.90. The van der Waals surface area contributed by atoms with Gasteiger partial charge >= 0.3 is 0 Å². The van der Waals surface area contributed by atoms with Crippen molar-refractivity contribution in [2.24, 2.45) is 0 Å². The molecule has 0 atom stereocenters. The Morgan fingerprint density at radius 2 is 1.96 bits per heavy atom. The number of aryl methyl sites for hydroxylation is 1. The fourth-order valence-corrected chi connectivity index (χ4v) is 4.59. The largest absolute Gasteiger partial charge is 0.370 e. The molecule has 0 saturated carbocycles. The Balaban J connectivity index is 1.82. The lowest BCUT2D eigenvalue weighted by Crippen LogP contribution is -2.31. The van der Waals surface area contributed by atoms with E-state index in [-0.39, 0.29) is 5.60 Å². The number of hydrogen-bond donors (Lipinski definition) is 0. The summed E-state index contributed by atoms with van der Waals surface area (Å²) in [4.78, 5) is 12.0. The fraction of sp³-hybridized carbons (Fsp3) is 0.316. The minimum absolute atomic E-state index is 0.162. The molecule has 0 unspecified atom stereocenters. The van der Waals surface area contributed by atoms with Gasteiger partial charge in [-0.15, -0.1) is 16.4 Å². The summed E-state index contributed by atoms with van der Waals surface area (Å²) < 4.78 is 7.85. The lowest BCUT2D eigenvalue weighted by molar-refractivity contribution is -0.0379. The molecule has 0 saturated heterocycles. The van der Waals surface area contributed by atoms with E-state index in [4.69, 9.17) is 19.8 Å². The first-order chi connectivity index (χ1) is 12.0. The van der Waals surface area contributed by atoms with Crippen molar-refractivity contribution in [3.8, 4) is 11.4 Å². The zero-order chi connectivity index (χ0) is 17.2. The van der Waals surface area contributed by atoms with Crippen LogP contribution in [0.25, 0.3) is 27.3 Å². The third kappa shape index (κ3) is 2.28. The average molecular weight is 350 g/mol. The highest BCUT2D eigenvalue weighted by atomic mass is 32.1. The van der Waals surface area contributed by atoms with Crippen LogP contribution in [0, 0.1) is 6.92 Å². The van der Waals surface area contributed by atoms with Gasteiger partial charge in [-0.25, -0.2) is 9.97 Å². The van der Waals surface area contributed by atoms with Crippen molar-refractivity contribution in [3.05, 3.63) is 46.6 Å². The van der Waals surface area contributed by atoms with Crippen molar-refractivity contribution in [2.75, 3.05) is 0 Å². The second-order valence-electron chi connectivity index (χ2n) is 7.10. The van der Waals surface area contributed by atoms with Crippen LogP contribution in [-0.4, -0.2) is 25.2 Å². The molecule has 5 nitrogen and oxygen atoms in total. The van der Waals surface area contributed by atoms with E-state index in [9.17, 15) is 0 Å². The highest BCUT2D eigenvalue weighted by molar-refractivity contribution is 7.19. The quantitative estimate of drug-likeness (QED) is 0.517. The van der Waals surface area contributed by atoms with Crippen LogP contribution < -0.4 is 0 Å². The van der Waals surface area contributed by atoms with Crippen LogP contribution >= 0.6 is 11.3 Å². The van der Waals surface area contributed by atoms with Crippen LogP contribution in [0.1, 0.15) is 30.1 Å². The lowest BCUT2D eigenvalue weighted by atomic mass is 9.94. The molecule has 0 spiro atoms. The first-order valence-corrected chi connectivity index (χ1v) is 9.20. The SMILES string of the molecule is Cc1nc2sc3c(c2c2nc(-c4ccccc4)nn12)CC(C)(C)OC3. The molecule has 25 heavy (non-hydrogen) atoms. The van der Waals surface area contributed by atoms with E-state index in [1.54, 1.807) is 11.3 Å². The van der Waals surface area contributed by atoms with Crippen LogP contribution in [0.15, 0.2) is 30.3 Å². The molecule has 0 fully saturated rings. The van der Waals surface area contributed by atoms with Crippen LogP contribution in [0.3, 0.4) is 0 Å². The van der Waals surface area contributed by atoms with E-state index in [0.717, 1.165) is 39.5 Å². The van der Waals surface area contributed by atoms with Gasteiger partial charge in [0.15, 0.2) is 11.5 Å². The molecule has 0 bridgehead atoms. The monoisotopic (exact) mass is 350 g/mol. The fourth-order valence-electron chi connectivity index (χ4n) is 3.45. The smallest absolute Gasteiger partial charge is 0.182 e. The predicted molar refractivity (Wildman–Crippen MR) is 98.9 cm³/mol. The van der Waals surface area contributed by atoms with Crippen LogP contribution in [0.2, 0.25) is 0 Å². The third-order valence-electron chi connectivity index (χ3n) is 4.70. The molecule has 4 aromatic rings. The summed E-state index contributed by atoms with van der Waals surface area (Å²) in [6.07, 6.45) is 0.871. The zero-order valence-electron chi connectivity index (χ0n) is 14.4. The Labute approximate surface area is 149 Å². The van der Waals surface area contributed by atoms with Crippen molar-refractivity contribution in [1.82, 2.24) is 19.6 Å². The van der Waals surface area contributed by atoms with Crippen molar-refractivity contribution >= 4 is 27.2 Å². The lowest BCUT2D eigenvalue weighted by Gasteiger charge is -2.30. The molecule has 1 aliphatic heterocycles. The highest BCUT2D eigenvalue weighted by Gasteiger charge is 2.31. The van der Waals surface area contributed by atoms with E-state index in [0.29, 0.717) is 6.61 Å².